The van der Waals surface area contributed by atoms with Gasteiger partial charge in [0.1, 0.15) is 6.04 Å². The zero-order valence-corrected chi connectivity index (χ0v) is 15.5. The van der Waals surface area contributed by atoms with Crippen LogP contribution in [0, 0.1) is 16.7 Å². The van der Waals surface area contributed by atoms with Crippen molar-refractivity contribution in [3.63, 3.8) is 0 Å². The van der Waals surface area contributed by atoms with Gasteiger partial charge in [0.05, 0.1) is 11.8 Å². The molecule has 2 aromatic carbocycles. The van der Waals surface area contributed by atoms with Crippen LogP contribution in [0.1, 0.15) is 31.4 Å². The molecule has 3 rings (SSSR count). The van der Waals surface area contributed by atoms with E-state index in [2.05, 4.69) is 21.5 Å². The predicted molar refractivity (Wildman–Crippen MR) is 103 cm³/mol. The molecule has 1 heterocycles. The summed E-state index contributed by atoms with van der Waals surface area (Å²) in [5, 5.41) is 16.5. The second-order valence-electron chi connectivity index (χ2n) is 7.27. The van der Waals surface area contributed by atoms with Crippen LogP contribution in [-0.2, 0) is 0 Å². The first kappa shape index (κ1) is 18.3. The average Bonchev–Trinajstić information content (AvgIpc) is 3.12. The Morgan fingerprint density at radius 3 is 2.22 bits per heavy atom. The summed E-state index contributed by atoms with van der Waals surface area (Å²) >= 11 is 0. The lowest BCUT2D eigenvalue weighted by Gasteiger charge is -2.24. The molecular weight excluding hydrogens is 338 g/mol. The summed E-state index contributed by atoms with van der Waals surface area (Å²) in [5.41, 5.74) is 1.26. The normalized spacial score (nSPS) is 12.2. The number of nitriles is 1. The van der Waals surface area contributed by atoms with Gasteiger partial charge in [0.15, 0.2) is 5.82 Å². The van der Waals surface area contributed by atoms with Crippen LogP contribution in [0.3, 0.4) is 0 Å². The summed E-state index contributed by atoms with van der Waals surface area (Å²) in [5.74, 6) is 0.127. The van der Waals surface area contributed by atoms with Gasteiger partial charge in [0.25, 0.3) is 5.91 Å². The molecule has 1 atom stereocenters. The Kier molecular flexibility index (Phi) is 5.04. The van der Waals surface area contributed by atoms with Crippen LogP contribution in [0.2, 0.25) is 0 Å². The maximum absolute atomic E-state index is 12.7. The van der Waals surface area contributed by atoms with Gasteiger partial charge in [-0.05, 0) is 17.5 Å². The molecule has 0 fully saturated rings. The van der Waals surface area contributed by atoms with Crippen molar-refractivity contribution in [1.29, 1.82) is 5.26 Å². The summed E-state index contributed by atoms with van der Waals surface area (Å²) < 4.78 is 1.64. The lowest BCUT2D eigenvalue weighted by atomic mass is 9.87. The maximum Gasteiger partial charge on any atom is 0.292 e. The van der Waals surface area contributed by atoms with Crippen molar-refractivity contribution in [3.8, 4) is 23.1 Å². The fourth-order valence-electron chi connectivity index (χ4n) is 2.57. The van der Waals surface area contributed by atoms with Crippen molar-refractivity contribution in [2.24, 2.45) is 5.41 Å². The van der Waals surface area contributed by atoms with Crippen molar-refractivity contribution in [2.45, 2.75) is 26.8 Å². The van der Waals surface area contributed by atoms with Crippen LogP contribution in [0.15, 0.2) is 60.7 Å². The second-order valence-corrected chi connectivity index (χ2v) is 7.27. The third kappa shape index (κ3) is 4.04. The highest BCUT2D eigenvalue weighted by Crippen LogP contribution is 2.22. The van der Waals surface area contributed by atoms with Crippen LogP contribution in [0.5, 0.6) is 0 Å². The van der Waals surface area contributed by atoms with Crippen LogP contribution in [0.25, 0.3) is 17.1 Å². The summed E-state index contributed by atoms with van der Waals surface area (Å²) in [4.78, 5) is 17.1. The van der Waals surface area contributed by atoms with E-state index in [1.807, 2.05) is 81.4 Å². The van der Waals surface area contributed by atoms with Crippen molar-refractivity contribution >= 4 is 5.91 Å². The van der Waals surface area contributed by atoms with Gasteiger partial charge in [-0.15, -0.1) is 5.10 Å². The number of amides is 1. The van der Waals surface area contributed by atoms with Crippen LogP contribution >= 0.6 is 0 Å². The molecule has 0 bridgehead atoms. The first-order valence-corrected chi connectivity index (χ1v) is 8.68. The molecule has 1 unspecified atom stereocenters. The van der Waals surface area contributed by atoms with Gasteiger partial charge in [-0.1, -0.05) is 69.3 Å². The smallest absolute Gasteiger partial charge is 0.292 e. The Labute approximate surface area is 158 Å². The van der Waals surface area contributed by atoms with Gasteiger partial charge >= 0.3 is 0 Å². The lowest BCUT2D eigenvalue weighted by Crippen LogP contribution is -2.43. The molecular formula is C21H21N5O. The van der Waals surface area contributed by atoms with Gasteiger partial charge in [0.2, 0.25) is 5.82 Å². The van der Waals surface area contributed by atoms with Gasteiger partial charge in [-0.2, -0.15) is 5.26 Å². The molecule has 0 aliphatic carbocycles. The Balaban J connectivity index is 2.02. The fourth-order valence-corrected chi connectivity index (χ4v) is 2.57. The van der Waals surface area contributed by atoms with E-state index < -0.39 is 17.4 Å². The number of hydrogen-bond donors (Lipinski definition) is 1. The number of nitrogens with zero attached hydrogens (tertiary/aromatic N) is 4. The molecule has 0 spiro atoms. The molecule has 0 aliphatic heterocycles. The molecule has 0 aliphatic rings. The quantitative estimate of drug-likeness (QED) is 0.771. The van der Waals surface area contributed by atoms with Gasteiger partial charge in [0, 0.05) is 5.56 Å². The van der Waals surface area contributed by atoms with E-state index in [4.69, 9.17) is 0 Å². The SMILES string of the molecule is CC(C)(C)C(C#N)NC(=O)c1nc(-c2ccccc2)n(-c2ccccc2)n1. The van der Waals surface area contributed by atoms with Crippen molar-refractivity contribution < 1.29 is 4.79 Å². The van der Waals surface area contributed by atoms with Gasteiger partial charge < -0.3 is 5.32 Å². The zero-order valence-electron chi connectivity index (χ0n) is 15.5. The minimum absolute atomic E-state index is 0.0298. The number of nitrogens with one attached hydrogen (secondary N) is 1. The average molecular weight is 359 g/mol. The third-order valence-electron chi connectivity index (χ3n) is 4.11. The van der Waals surface area contributed by atoms with E-state index in [1.54, 1.807) is 4.68 Å². The van der Waals surface area contributed by atoms with Crippen molar-refractivity contribution in [3.05, 3.63) is 66.5 Å². The highest BCUT2D eigenvalue weighted by Gasteiger charge is 2.28. The molecule has 0 radical (unpaired) electrons. The molecule has 0 saturated heterocycles. The molecule has 0 saturated carbocycles. The first-order chi connectivity index (χ1) is 12.9. The number of carbonyl (C=O) groups excluding carboxylic acids is 1. The summed E-state index contributed by atoms with van der Waals surface area (Å²) in [7, 11) is 0. The minimum atomic E-state index is -0.645. The molecule has 1 N–H and O–H groups in total. The summed E-state index contributed by atoms with van der Waals surface area (Å²) in [6.07, 6.45) is 0. The van der Waals surface area contributed by atoms with Crippen LogP contribution in [-0.4, -0.2) is 26.7 Å². The van der Waals surface area contributed by atoms with E-state index >= 15 is 0 Å². The molecule has 3 aromatic rings. The lowest BCUT2D eigenvalue weighted by molar-refractivity contribution is 0.0911. The molecule has 136 valence electrons. The number of hydrogen-bond acceptors (Lipinski definition) is 4. The Hall–Kier alpha value is -3.46. The molecule has 27 heavy (non-hydrogen) atoms. The second kappa shape index (κ2) is 7.42. The van der Waals surface area contributed by atoms with E-state index in [1.165, 1.54) is 0 Å². The number of rotatable bonds is 4. The summed E-state index contributed by atoms with van der Waals surface area (Å²) in [6.45, 7) is 5.69. The van der Waals surface area contributed by atoms with E-state index in [9.17, 15) is 10.1 Å². The highest BCUT2D eigenvalue weighted by atomic mass is 16.2. The largest absolute Gasteiger partial charge is 0.333 e. The van der Waals surface area contributed by atoms with Crippen molar-refractivity contribution in [1.82, 2.24) is 20.1 Å². The Bertz CT molecular complexity index is 908. The fraction of sp³-hybridized carbons (Fsp3) is 0.238. The van der Waals surface area contributed by atoms with Crippen LogP contribution in [0.4, 0.5) is 0 Å². The van der Waals surface area contributed by atoms with Gasteiger partial charge in [-0.25, -0.2) is 9.67 Å². The van der Waals surface area contributed by atoms with Crippen LogP contribution < -0.4 is 5.32 Å². The highest BCUT2D eigenvalue weighted by molar-refractivity contribution is 5.91. The van der Waals surface area contributed by atoms with E-state index in [0.717, 1.165) is 11.3 Å². The Morgan fingerprint density at radius 2 is 1.67 bits per heavy atom. The molecule has 6 nitrogen and oxygen atoms in total. The standard InChI is InChI=1S/C21H21N5O/c1-21(2,3)17(14-22)23-20(27)18-24-19(15-10-6-4-7-11-15)26(25-18)16-12-8-5-9-13-16/h4-13,17H,1-3H3,(H,23,27). The monoisotopic (exact) mass is 359 g/mol. The zero-order chi connectivity index (χ0) is 19.4. The maximum atomic E-state index is 12.7. The number of carbonyl (C=O) groups is 1. The minimum Gasteiger partial charge on any atom is -0.333 e. The molecule has 6 heteroatoms. The Morgan fingerprint density at radius 1 is 1.07 bits per heavy atom. The predicted octanol–water partition coefficient (Wildman–Crippen LogP) is 3.60. The number of aromatic nitrogens is 3. The number of para-hydroxylation sites is 1. The van der Waals surface area contributed by atoms with E-state index in [-0.39, 0.29) is 5.82 Å². The first-order valence-electron chi connectivity index (χ1n) is 8.68. The summed E-state index contributed by atoms with van der Waals surface area (Å²) in [6, 6.07) is 20.6. The molecule has 1 aromatic heterocycles. The van der Waals surface area contributed by atoms with E-state index in [0.29, 0.717) is 5.82 Å². The van der Waals surface area contributed by atoms with Crippen molar-refractivity contribution in [2.75, 3.05) is 0 Å². The third-order valence-corrected chi connectivity index (χ3v) is 4.11. The number of benzene rings is 2. The van der Waals surface area contributed by atoms with Gasteiger partial charge in [-0.3, -0.25) is 4.79 Å². The topological polar surface area (TPSA) is 83.6 Å². The molecule has 1 amide bonds.